The lowest BCUT2D eigenvalue weighted by Crippen LogP contribution is -1.61. The van der Waals surface area contributed by atoms with Crippen LogP contribution in [0.4, 0.5) is 0 Å². The Balaban J connectivity index is 2.90. The molecule has 8 heavy (non-hydrogen) atoms. The van der Waals surface area contributed by atoms with Crippen molar-refractivity contribution in [3.05, 3.63) is 24.1 Å². The van der Waals surface area contributed by atoms with Gasteiger partial charge >= 0.3 is 0 Å². The number of thioether (sulfide) groups is 1. The molecular weight excluding hydrogens is 136 g/mol. The van der Waals surface area contributed by atoms with Crippen molar-refractivity contribution in [1.29, 1.82) is 0 Å². The molecule has 0 aliphatic carbocycles. The topological polar surface area (TPSA) is 0 Å². The van der Waals surface area contributed by atoms with Crippen molar-refractivity contribution < 1.29 is 0 Å². The summed E-state index contributed by atoms with van der Waals surface area (Å²) in [5, 5.41) is 2.01. The Morgan fingerprint density at radius 1 is 1.62 bits per heavy atom. The summed E-state index contributed by atoms with van der Waals surface area (Å²) in [4.78, 5) is 0. The molecule has 1 radical (unpaired) electrons. The highest BCUT2D eigenvalue weighted by molar-refractivity contribution is 8.02. The number of rotatable bonds is 4. The van der Waals surface area contributed by atoms with Gasteiger partial charge in [0, 0.05) is 11.5 Å². The van der Waals surface area contributed by atoms with Crippen LogP contribution in [0, 0.1) is 0 Å². The van der Waals surface area contributed by atoms with Crippen LogP contribution in [0.1, 0.15) is 0 Å². The maximum Gasteiger partial charge on any atom is 0.0225 e. The minimum Gasteiger partial charge on any atom is -0.130 e. The molecule has 0 amide bonds. The first-order valence-corrected chi connectivity index (χ1v) is 4.00. The van der Waals surface area contributed by atoms with Crippen LogP contribution in [0.3, 0.4) is 0 Å². The van der Waals surface area contributed by atoms with Gasteiger partial charge < -0.3 is 0 Å². The maximum atomic E-state index is 4.68. The van der Waals surface area contributed by atoms with Crippen molar-refractivity contribution in [2.45, 2.75) is 0 Å². The summed E-state index contributed by atoms with van der Waals surface area (Å²) in [6.45, 7) is 3.58. The molecule has 0 aliphatic rings. The minimum absolute atomic E-state index is 0.712. The van der Waals surface area contributed by atoms with Gasteiger partial charge in [-0.15, -0.1) is 18.3 Å². The van der Waals surface area contributed by atoms with Crippen LogP contribution in [0.2, 0.25) is 0 Å². The Labute approximate surface area is 60.5 Å². The third-order valence-electron chi connectivity index (χ3n) is 0.503. The van der Waals surface area contributed by atoms with Crippen molar-refractivity contribution in [2.75, 3.05) is 11.5 Å². The van der Waals surface area contributed by atoms with Crippen LogP contribution in [0.5, 0.6) is 0 Å². The first-order valence-electron chi connectivity index (χ1n) is 2.37. The van der Waals surface area contributed by atoms with Crippen molar-refractivity contribution >= 4 is 24.4 Å². The average Bonchev–Trinajstić information content (AvgIpc) is 1.81. The minimum atomic E-state index is 0.712. The molecule has 0 spiro atoms. The Hall–Kier alpha value is 0.180. The van der Waals surface area contributed by atoms with Crippen LogP contribution >= 0.6 is 24.4 Å². The molecule has 0 aromatic heterocycles. The van der Waals surface area contributed by atoms with Gasteiger partial charge in [-0.25, -0.2) is 0 Å². The zero-order valence-corrected chi connectivity index (χ0v) is 6.30. The van der Waals surface area contributed by atoms with Crippen molar-refractivity contribution in [1.82, 2.24) is 0 Å². The van der Waals surface area contributed by atoms with Crippen molar-refractivity contribution in [3.8, 4) is 0 Å². The molecule has 0 heterocycles. The lowest BCUT2D eigenvalue weighted by atomic mass is 10.8. The second-order valence-electron chi connectivity index (χ2n) is 1.16. The molecular formula is C6H9S2. The first kappa shape index (κ1) is 8.18. The second-order valence-corrected chi connectivity index (χ2v) is 2.43. The van der Waals surface area contributed by atoms with Crippen molar-refractivity contribution in [3.63, 3.8) is 0 Å². The molecule has 2 heteroatoms. The monoisotopic (exact) mass is 145 g/mol. The highest BCUT2D eigenvalue weighted by atomic mass is 32.2. The smallest absolute Gasteiger partial charge is 0.0225 e. The van der Waals surface area contributed by atoms with Crippen molar-refractivity contribution in [2.24, 2.45) is 0 Å². The molecule has 45 valence electrons. The SMILES string of the molecule is C=CCSC=CC[S]. The van der Waals surface area contributed by atoms with Gasteiger partial charge in [0.2, 0.25) is 0 Å². The summed E-state index contributed by atoms with van der Waals surface area (Å²) in [6, 6.07) is 0. The van der Waals surface area contributed by atoms with E-state index in [1.54, 1.807) is 11.8 Å². The zero-order chi connectivity index (χ0) is 6.24. The summed E-state index contributed by atoms with van der Waals surface area (Å²) >= 11 is 6.39. The van der Waals surface area contributed by atoms with Gasteiger partial charge in [0.25, 0.3) is 0 Å². The highest BCUT2D eigenvalue weighted by Crippen LogP contribution is 2.00. The van der Waals surface area contributed by atoms with E-state index in [0.717, 1.165) is 5.75 Å². The van der Waals surface area contributed by atoms with Crippen LogP contribution in [0.25, 0.3) is 0 Å². The highest BCUT2D eigenvalue weighted by Gasteiger charge is 1.71. The summed E-state index contributed by atoms with van der Waals surface area (Å²) < 4.78 is 0. The Kier molecular flexibility index (Phi) is 7.34. The van der Waals surface area contributed by atoms with Gasteiger partial charge in [0.05, 0.1) is 0 Å². The molecule has 0 N–H and O–H groups in total. The lowest BCUT2D eigenvalue weighted by molar-refractivity contribution is 1.80. The van der Waals surface area contributed by atoms with Gasteiger partial charge in [0.1, 0.15) is 0 Å². The molecule has 0 fully saturated rings. The first-order chi connectivity index (χ1) is 3.91. The quantitative estimate of drug-likeness (QED) is 0.433. The lowest BCUT2D eigenvalue weighted by Gasteiger charge is -1.81. The maximum absolute atomic E-state index is 4.68. The predicted octanol–water partition coefficient (Wildman–Crippen LogP) is 2.62. The summed E-state index contributed by atoms with van der Waals surface area (Å²) in [6.07, 6.45) is 3.84. The van der Waals surface area contributed by atoms with Gasteiger partial charge in [-0.2, -0.15) is 0 Å². The third-order valence-corrected chi connectivity index (χ3v) is 1.51. The molecule has 0 unspecified atom stereocenters. The second kappa shape index (κ2) is 7.18. The van der Waals surface area contributed by atoms with Gasteiger partial charge in [-0.3, -0.25) is 0 Å². The van der Waals surface area contributed by atoms with Crippen LogP contribution in [-0.2, 0) is 0 Å². The van der Waals surface area contributed by atoms with Crippen LogP contribution in [-0.4, -0.2) is 11.5 Å². The average molecular weight is 145 g/mol. The summed E-state index contributed by atoms with van der Waals surface area (Å²) in [5.41, 5.74) is 0. The fourth-order valence-corrected chi connectivity index (χ4v) is 0.928. The van der Waals surface area contributed by atoms with E-state index >= 15 is 0 Å². The van der Waals surface area contributed by atoms with E-state index in [1.807, 2.05) is 17.6 Å². The normalized spacial score (nSPS) is 10.1. The molecule has 0 atom stereocenters. The molecule has 0 aromatic rings. The molecule has 0 nitrogen and oxygen atoms in total. The largest absolute Gasteiger partial charge is 0.130 e. The Morgan fingerprint density at radius 3 is 2.88 bits per heavy atom. The molecule has 0 aliphatic heterocycles. The third kappa shape index (κ3) is 6.18. The summed E-state index contributed by atoms with van der Waals surface area (Å²) in [7, 11) is 0. The van der Waals surface area contributed by atoms with E-state index in [9.17, 15) is 0 Å². The van der Waals surface area contributed by atoms with Gasteiger partial charge in [-0.1, -0.05) is 24.8 Å². The predicted molar refractivity (Wildman–Crippen MR) is 44.3 cm³/mol. The van der Waals surface area contributed by atoms with Gasteiger partial charge in [-0.05, 0) is 5.41 Å². The standard InChI is InChI=1S/C6H9S2/c1-2-5-8-6-3-4-7/h2-3,6H,1,4-5H2. The molecule has 0 rings (SSSR count). The van der Waals surface area contributed by atoms with E-state index < -0.39 is 0 Å². The fraction of sp³-hybridized carbons (Fsp3) is 0.333. The summed E-state index contributed by atoms with van der Waals surface area (Å²) in [5.74, 6) is 1.69. The van der Waals surface area contributed by atoms with E-state index in [4.69, 9.17) is 0 Å². The molecule has 0 bridgehead atoms. The van der Waals surface area contributed by atoms with Gasteiger partial charge in [0.15, 0.2) is 0 Å². The zero-order valence-electron chi connectivity index (χ0n) is 4.67. The number of hydrogen-bond acceptors (Lipinski definition) is 1. The van der Waals surface area contributed by atoms with E-state index in [-0.39, 0.29) is 0 Å². The fourth-order valence-electron chi connectivity index (χ4n) is 0.231. The molecule has 0 saturated heterocycles. The molecule has 0 saturated carbocycles. The van der Waals surface area contributed by atoms with E-state index in [2.05, 4.69) is 19.2 Å². The van der Waals surface area contributed by atoms with E-state index in [1.165, 1.54) is 0 Å². The Morgan fingerprint density at radius 2 is 2.38 bits per heavy atom. The van der Waals surface area contributed by atoms with Crippen LogP contribution < -0.4 is 0 Å². The van der Waals surface area contributed by atoms with Crippen LogP contribution in [0.15, 0.2) is 24.1 Å². The number of hydrogen-bond donors (Lipinski definition) is 0. The Bertz CT molecular complexity index is 76.6. The molecule has 0 aromatic carbocycles. The van der Waals surface area contributed by atoms with E-state index in [0.29, 0.717) is 5.75 Å².